The van der Waals surface area contributed by atoms with Gasteiger partial charge in [0.25, 0.3) is 0 Å². The Labute approximate surface area is 66.5 Å². The summed E-state index contributed by atoms with van der Waals surface area (Å²) in [6.45, 7) is 5.65. The molecule has 0 aromatic carbocycles. The Balaban J connectivity index is 2.33. The molecule has 1 aromatic rings. The average molecular weight is 148 g/mol. The average Bonchev–Trinajstić information content (AvgIpc) is 2.07. The van der Waals surface area contributed by atoms with E-state index in [1.807, 2.05) is 12.1 Å². The van der Waals surface area contributed by atoms with Gasteiger partial charge in [-0.15, -0.1) is 6.58 Å². The molecule has 0 fully saturated rings. The molecule has 0 saturated carbocycles. The highest BCUT2D eigenvalue weighted by Gasteiger charge is 1.88. The first-order valence-electron chi connectivity index (χ1n) is 3.38. The predicted molar refractivity (Wildman–Crippen MR) is 43.5 cm³/mol. The van der Waals surface area contributed by atoms with Gasteiger partial charge in [0, 0.05) is 12.4 Å². The van der Waals surface area contributed by atoms with Crippen LogP contribution in [0.15, 0.2) is 37.2 Å². The zero-order valence-electron chi connectivity index (χ0n) is 6.23. The van der Waals surface area contributed by atoms with E-state index in [2.05, 4.69) is 11.6 Å². The summed E-state index contributed by atoms with van der Waals surface area (Å²) >= 11 is 0. The molecule has 0 aliphatic rings. The Bertz CT molecular complexity index is 208. The minimum Gasteiger partial charge on any atom is -0.366 e. The number of hydrogen-bond acceptors (Lipinski definition) is 2. The lowest BCUT2D eigenvalue weighted by atomic mass is 10.3. The van der Waals surface area contributed by atoms with Crippen molar-refractivity contribution >= 4 is 0 Å². The molecule has 0 N–H and O–H groups in total. The Morgan fingerprint density at radius 3 is 2.82 bits per heavy atom. The van der Waals surface area contributed by atoms with Gasteiger partial charge in [0.2, 0.25) is 0 Å². The van der Waals surface area contributed by atoms with Crippen molar-refractivity contribution in [2.45, 2.75) is 6.61 Å². The van der Waals surface area contributed by atoms with Gasteiger partial charge in [0.1, 0.15) is 6.61 Å². The second-order valence-electron chi connectivity index (χ2n) is 2.04. The Morgan fingerprint density at radius 1 is 1.45 bits per heavy atom. The van der Waals surface area contributed by atoms with E-state index in [4.69, 9.17) is 4.74 Å². The van der Waals surface area contributed by atoms with Crippen LogP contribution in [0.25, 0.3) is 0 Å². The van der Waals surface area contributed by atoms with E-state index < -0.39 is 0 Å². The van der Waals surface area contributed by atoms with E-state index in [1.54, 1.807) is 25.1 Å². The number of aromatic nitrogens is 1. The van der Waals surface area contributed by atoms with Gasteiger partial charge in [-0.2, -0.15) is 0 Å². The minimum absolute atomic E-state index is 0.578. The maximum atomic E-state index is 5.10. The number of pyridine rings is 1. The van der Waals surface area contributed by atoms with Crippen LogP contribution in [-0.4, -0.2) is 4.98 Å². The molecule has 0 unspecified atom stereocenters. The van der Waals surface area contributed by atoms with Crippen LogP contribution in [0.5, 0.6) is 0 Å². The van der Waals surface area contributed by atoms with E-state index in [0.717, 1.165) is 5.56 Å². The molecule has 1 heterocycles. The molecule has 0 saturated heterocycles. The van der Waals surface area contributed by atoms with Gasteiger partial charge in [0.05, 0.1) is 6.61 Å². The molecule has 0 aliphatic heterocycles. The maximum absolute atomic E-state index is 5.10. The summed E-state index contributed by atoms with van der Waals surface area (Å²) in [5, 5.41) is 0. The highest BCUT2D eigenvalue weighted by Crippen LogP contribution is 1.99. The first-order valence-corrected chi connectivity index (χ1v) is 3.38. The van der Waals surface area contributed by atoms with Crippen molar-refractivity contribution in [2.75, 3.05) is 0 Å². The van der Waals surface area contributed by atoms with Crippen LogP contribution in [0.1, 0.15) is 5.56 Å². The monoisotopic (exact) mass is 148 g/mol. The molecule has 11 heavy (non-hydrogen) atoms. The van der Waals surface area contributed by atoms with Crippen molar-refractivity contribution in [2.24, 2.45) is 0 Å². The quantitative estimate of drug-likeness (QED) is 0.609. The Morgan fingerprint density at radius 2 is 2.18 bits per heavy atom. The summed E-state index contributed by atoms with van der Waals surface area (Å²) in [4.78, 5) is 3.89. The lowest BCUT2D eigenvalue weighted by Crippen LogP contribution is -1.87. The second-order valence-corrected chi connectivity index (χ2v) is 2.04. The molecule has 1 aromatic heterocycles. The molecule has 2 heteroatoms. The molecular weight excluding hydrogens is 138 g/mol. The summed E-state index contributed by atoms with van der Waals surface area (Å²) in [6.07, 6.45) is 5.10. The molecule has 57 valence electrons. The minimum atomic E-state index is 0.578. The maximum Gasteiger partial charge on any atom is 0.106 e. The van der Waals surface area contributed by atoms with Crippen LogP contribution in [0.4, 0.5) is 0 Å². The summed E-state index contributed by atoms with van der Waals surface area (Å²) in [5.74, 6) is 0. The lowest BCUT2D eigenvalue weighted by Gasteiger charge is -1.98. The van der Waals surface area contributed by atoms with Gasteiger partial charge in [-0.3, -0.25) is 4.98 Å². The van der Waals surface area contributed by atoms with E-state index >= 15 is 0 Å². The van der Waals surface area contributed by atoms with Crippen molar-refractivity contribution in [1.82, 2.24) is 4.98 Å². The van der Waals surface area contributed by atoms with Gasteiger partial charge < -0.3 is 4.74 Å². The highest BCUT2D eigenvalue weighted by atomic mass is 16.5. The van der Waals surface area contributed by atoms with E-state index in [9.17, 15) is 0 Å². The third-order valence-electron chi connectivity index (χ3n) is 1.19. The highest BCUT2D eigenvalue weighted by molar-refractivity contribution is 5.08. The van der Waals surface area contributed by atoms with E-state index in [0.29, 0.717) is 6.61 Å². The fourth-order valence-corrected chi connectivity index (χ4v) is 0.691. The second kappa shape index (κ2) is 4.63. The predicted octanol–water partition coefficient (Wildman–Crippen LogP) is 1.95. The van der Waals surface area contributed by atoms with Crippen LogP contribution in [0.3, 0.4) is 0 Å². The lowest BCUT2D eigenvalue weighted by molar-refractivity contribution is 0.202. The van der Waals surface area contributed by atoms with Gasteiger partial charge in [-0.1, -0.05) is 6.08 Å². The molecule has 0 amide bonds. The summed E-state index contributed by atoms with van der Waals surface area (Å²) < 4.78 is 5.10. The third-order valence-corrected chi connectivity index (χ3v) is 1.19. The van der Waals surface area contributed by atoms with Crippen LogP contribution in [0, 0.1) is 6.61 Å². The summed E-state index contributed by atoms with van der Waals surface area (Å²) in [7, 11) is 0. The molecule has 2 nitrogen and oxygen atoms in total. The molecule has 1 rings (SSSR count). The molecule has 0 aliphatic carbocycles. The van der Waals surface area contributed by atoms with E-state index in [-0.39, 0.29) is 0 Å². The van der Waals surface area contributed by atoms with Crippen molar-refractivity contribution in [3.05, 3.63) is 49.4 Å². The van der Waals surface area contributed by atoms with Crippen LogP contribution >= 0.6 is 0 Å². The van der Waals surface area contributed by atoms with Crippen molar-refractivity contribution < 1.29 is 4.74 Å². The fraction of sp³-hybridized carbons (Fsp3) is 0.111. The molecule has 0 atom stereocenters. The SMILES string of the molecule is C=C[CH]OCc1ccncc1. The van der Waals surface area contributed by atoms with Crippen LogP contribution in [-0.2, 0) is 11.3 Å². The zero-order chi connectivity index (χ0) is 7.94. The molecular formula is C9H10NO. The summed E-state index contributed by atoms with van der Waals surface area (Å²) in [6, 6.07) is 3.83. The van der Waals surface area contributed by atoms with Gasteiger partial charge in [-0.25, -0.2) is 0 Å². The zero-order valence-corrected chi connectivity index (χ0v) is 6.23. The molecule has 1 radical (unpaired) electrons. The van der Waals surface area contributed by atoms with Crippen LogP contribution < -0.4 is 0 Å². The number of nitrogens with zero attached hydrogens (tertiary/aromatic N) is 1. The van der Waals surface area contributed by atoms with Crippen molar-refractivity contribution in [1.29, 1.82) is 0 Å². The topological polar surface area (TPSA) is 22.1 Å². The van der Waals surface area contributed by atoms with Gasteiger partial charge in [-0.05, 0) is 17.7 Å². The first-order chi connectivity index (χ1) is 5.43. The summed E-state index contributed by atoms with van der Waals surface area (Å²) in [5.41, 5.74) is 1.11. The van der Waals surface area contributed by atoms with Crippen LogP contribution in [0.2, 0.25) is 0 Å². The molecule has 0 bridgehead atoms. The van der Waals surface area contributed by atoms with Crippen molar-refractivity contribution in [3.8, 4) is 0 Å². The fourth-order valence-electron chi connectivity index (χ4n) is 0.691. The van der Waals surface area contributed by atoms with E-state index in [1.165, 1.54) is 0 Å². The molecule has 0 spiro atoms. The van der Waals surface area contributed by atoms with Crippen molar-refractivity contribution in [3.63, 3.8) is 0 Å². The first kappa shape index (κ1) is 7.95. The third kappa shape index (κ3) is 2.96. The number of rotatable bonds is 4. The number of ether oxygens (including phenoxy) is 1. The Hall–Kier alpha value is -1.15. The normalized spacial score (nSPS) is 9.45. The Kier molecular flexibility index (Phi) is 3.35. The number of hydrogen-bond donors (Lipinski definition) is 0. The standard InChI is InChI=1S/C9H10NO/c1-2-7-11-8-9-3-5-10-6-4-9/h2-7H,1,8H2. The largest absolute Gasteiger partial charge is 0.366 e. The van der Waals surface area contributed by atoms with Gasteiger partial charge >= 0.3 is 0 Å². The van der Waals surface area contributed by atoms with Gasteiger partial charge in [0.15, 0.2) is 0 Å². The smallest absolute Gasteiger partial charge is 0.106 e.